The number of nitrogens with zero attached hydrogens (tertiary/aromatic N) is 2. The van der Waals surface area contributed by atoms with Gasteiger partial charge in [0.15, 0.2) is 0 Å². The Labute approximate surface area is 151 Å². The number of aromatic nitrogens is 2. The standard InChI is InChI=1S/C21H19N3S/c1-14-2-4-15(5-3-14)16-6-8-17(9-7-16)20-23-24-21(25-20)18-10-12-19(22)13-11-18/h2,4-14H,3,22H2,1H3. The van der Waals surface area contributed by atoms with Crippen molar-refractivity contribution in [2.75, 3.05) is 5.73 Å². The van der Waals surface area contributed by atoms with Crippen molar-refractivity contribution in [2.24, 2.45) is 5.92 Å². The van der Waals surface area contributed by atoms with Gasteiger partial charge in [-0.05, 0) is 47.7 Å². The molecule has 0 amide bonds. The molecule has 1 heterocycles. The van der Waals surface area contributed by atoms with E-state index in [1.54, 1.807) is 11.3 Å². The summed E-state index contributed by atoms with van der Waals surface area (Å²) in [5.74, 6) is 0.635. The zero-order valence-corrected chi connectivity index (χ0v) is 14.8. The van der Waals surface area contributed by atoms with Crippen LogP contribution in [0.2, 0.25) is 0 Å². The van der Waals surface area contributed by atoms with Crippen molar-refractivity contribution < 1.29 is 0 Å². The Morgan fingerprint density at radius 3 is 2.00 bits per heavy atom. The second-order valence-electron chi connectivity index (χ2n) is 6.34. The minimum Gasteiger partial charge on any atom is -0.399 e. The first-order valence-corrected chi connectivity index (χ1v) is 9.19. The number of hydrogen-bond donors (Lipinski definition) is 1. The normalized spacial score (nSPS) is 16.7. The molecule has 1 unspecified atom stereocenters. The van der Waals surface area contributed by atoms with Crippen LogP contribution >= 0.6 is 11.3 Å². The summed E-state index contributed by atoms with van der Waals surface area (Å²) in [5.41, 5.74) is 11.2. The Bertz CT molecular complexity index is 934. The number of nitrogen functional groups attached to an aromatic ring is 1. The Morgan fingerprint density at radius 2 is 1.44 bits per heavy atom. The average Bonchev–Trinajstić information content (AvgIpc) is 3.13. The minimum atomic E-state index is 0.635. The maximum absolute atomic E-state index is 5.74. The molecule has 0 saturated heterocycles. The zero-order chi connectivity index (χ0) is 17.2. The highest BCUT2D eigenvalue weighted by Gasteiger charge is 2.10. The topological polar surface area (TPSA) is 51.8 Å². The van der Waals surface area contributed by atoms with Crippen molar-refractivity contribution in [2.45, 2.75) is 13.3 Å². The van der Waals surface area contributed by atoms with E-state index in [2.05, 4.69) is 59.6 Å². The van der Waals surface area contributed by atoms with Crippen LogP contribution in [-0.4, -0.2) is 10.2 Å². The van der Waals surface area contributed by atoms with Crippen molar-refractivity contribution in [3.8, 4) is 21.1 Å². The van der Waals surface area contributed by atoms with Gasteiger partial charge in [0.05, 0.1) is 0 Å². The van der Waals surface area contributed by atoms with Gasteiger partial charge >= 0.3 is 0 Å². The molecule has 2 N–H and O–H groups in total. The van der Waals surface area contributed by atoms with Crippen LogP contribution in [0, 0.1) is 5.92 Å². The SMILES string of the molecule is CC1C=CC(c2ccc(-c3nnc(-c4ccc(N)cc4)s3)cc2)=CC1. The molecule has 0 aliphatic heterocycles. The highest BCUT2D eigenvalue weighted by molar-refractivity contribution is 7.17. The van der Waals surface area contributed by atoms with Crippen LogP contribution < -0.4 is 5.73 Å². The third-order valence-corrected chi connectivity index (χ3v) is 5.38. The summed E-state index contributed by atoms with van der Waals surface area (Å²) in [6, 6.07) is 16.3. The fraction of sp³-hybridized carbons (Fsp3) is 0.143. The van der Waals surface area contributed by atoms with E-state index < -0.39 is 0 Å². The summed E-state index contributed by atoms with van der Waals surface area (Å²) in [4.78, 5) is 0. The molecule has 0 bridgehead atoms. The number of nitrogens with two attached hydrogens (primary N) is 1. The van der Waals surface area contributed by atoms with Crippen molar-refractivity contribution in [1.82, 2.24) is 10.2 Å². The smallest absolute Gasteiger partial charge is 0.148 e. The molecule has 1 aliphatic rings. The first kappa shape index (κ1) is 15.8. The predicted octanol–water partition coefficient (Wildman–Crippen LogP) is 5.43. The van der Waals surface area contributed by atoms with Gasteiger partial charge in [0.25, 0.3) is 0 Å². The molecule has 0 radical (unpaired) electrons. The molecule has 1 aliphatic carbocycles. The van der Waals surface area contributed by atoms with E-state index in [0.717, 1.165) is 33.3 Å². The summed E-state index contributed by atoms with van der Waals surface area (Å²) in [5, 5.41) is 10.5. The van der Waals surface area contributed by atoms with Gasteiger partial charge in [-0.3, -0.25) is 0 Å². The van der Waals surface area contributed by atoms with E-state index in [4.69, 9.17) is 5.73 Å². The van der Waals surface area contributed by atoms with Crippen LogP contribution in [0.15, 0.2) is 66.8 Å². The zero-order valence-electron chi connectivity index (χ0n) is 14.0. The Kier molecular flexibility index (Phi) is 4.20. The molecule has 4 heteroatoms. The molecule has 0 fully saturated rings. The fourth-order valence-corrected chi connectivity index (χ4v) is 3.68. The molecule has 4 rings (SSSR count). The van der Waals surface area contributed by atoms with Gasteiger partial charge in [-0.15, -0.1) is 10.2 Å². The van der Waals surface area contributed by atoms with Crippen molar-refractivity contribution in [1.29, 1.82) is 0 Å². The summed E-state index contributed by atoms with van der Waals surface area (Å²) in [7, 11) is 0. The van der Waals surface area contributed by atoms with Gasteiger partial charge < -0.3 is 5.73 Å². The number of hydrogen-bond acceptors (Lipinski definition) is 4. The predicted molar refractivity (Wildman–Crippen MR) is 106 cm³/mol. The quantitative estimate of drug-likeness (QED) is 0.644. The number of benzene rings is 2. The van der Waals surface area contributed by atoms with E-state index >= 15 is 0 Å². The molecule has 124 valence electrons. The van der Waals surface area contributed by atoms with Crippen LogP contribution in [-0.2, 0) is 0 Å². The molecule has 0 spiro atoms. The summed E-state index contributed by atoms with van der Waals surface area (Å²) in [6.07, 6.45) is 7.90. The first-order valence-electron chi connectivity index (χ1n) is 8.37. The molecule has 1 aromatic heterocycles. The Hall–Kier alpha value is -2.72. The molecular formula is C21H19N3S. The lowest BCUT2D eigenvalue weighted by Crippen LogP contribution is -1.94. The van der Waals surface area contributed by atoms with E-state index in [1.165, 1.54) is 11.1 Å². The largest absolute Gasteiger partial charge is 0.399 e. The molecule has 2 aromatic carbocycles. The van der Waals surface area contributed by atoms with Crippen LogP contribution in [0.4, 0.5) is 5.69 Å². The lowest BCUT2D eigenvalue weighted by Gasteiger charge is -2.12. The summed E-state index contributed by atoms with van der Waals surface area (Å²) in [6.45, 7) is 2.24. The molecular weight excluding hydrogens is 326 g/mol. The van der Waals surface area contributed by atoms with Gasteiger partial charge in [-0.2, -0.15) is 0 Å². The maximum Gasteiger partial charge on any atom is 0.148 e. The molecule has 1 atom stereocenters. The second kappa shape index (κ2) is 6.65. The molecule has 3 aromatic rings. The number of anilines is 1. The molecule has 25 heavy (non-hydrogen) atoms. The van der Waals surface area contributed by atoms with Gasteiger partial charge in [0.2, 0.25) is 0 Å². The van der Waals surface area contributed by atoms with Gasteiger partial charge in [0, 0.05) is 16.8 Å². The van der Waals surface area contributed by atoms with Crippen LogP contribution in [0.1, 0.15) is 18.9 Å². The summed E-state index contributed by atoms with van der Waals surface area (Å²) >= 11 is 1.60. The van der Waals surface area contributed by atoms with Crippen molar-refractivity contribution in [3.63, 3.8) is 0 Å². The third-order valence-electron chi connectivity index (χ3n) is 4.36. The molecule has 3 nitrogen and oxygen atoms in total. The van der Waals surface area contributed by atoms with Gasteiger partial charge in [-0.25, -0.2) is 0 Å². The first-order chi connectivity index (χ1) is 12.2. The van der Waals surface area contributed by atoms with E-state index in [0.29, 0.717) is 5.92 Å². The second-order valence-corrected chi connectivity index (χ2v) is 7.32. The molecule has 0 saturated carbocycles. The van der Waals surface area contributed by atoms with E-state index in [-0.39, 0.29) is 0 Å². The number of rotatable bonds is 3. The fourth-order valence-electron chi connectivity index (χ4n) is 2.83. The van der Waals surface area contributed by atoms with Gasteiger partial charge in [-0.1, -0.05) is 60.8 Å². The number of allylic oxidation sites excluding steroid dienone is 4. The minimum absolute atomic E-state index is 0.635. The maximum atomic E-state index is 5.74. The average molecular weight is 345 g/mol. The van der Waals surface area contributed by atoms with Crippen molar-refractivity contribution >= 4 is 22.6 Å². The monoisotopic (exact) mass is 345 g/mol. The highest BCUT2D eigenvalue weighted by atomic mass is 32.1. The van der Waals surface area contributed by atoms with E-state index in [9.17, 15) is 0 Å². The summed E-state index contributed by atoms with van der Waals surface area (Å²) < 4.78 is 0. The van der Waals surface area contributed by atoms with Crippen LogP contribution in [0.3, 0.4) is 0 Å². The van der Waals surface area contributed by atoms with E-state index in [1.807, 2.05) is 24.3 Å². The lowest BCUT2D eigenvalue weighted by molar-refractivity contribution is 0.739. The van der Waals surface area contributed by atoms with Crippen molar-refractivity contribution in [3.05, 3.63) is 72.3 Å². The lowest BCUT2D eigenvalue weighted by atomic mass is 9.94. The third kappa shape index (κ3) is 3.39. The Morgan fingerprint density at radius 1 is 0.880 bits per heavy atom. The highest BCUT2D eigenvalue weighted by Crippen LogP contribution is 2.31. The van der Waals surface area contributed by atoms with Gasteiger partial charge in [0.1, 0.15) is 10.0 Å². The van der Waals surface area contributed by atoms with Crippen LogP contribution in [0.5, 0.6) is 0 Å². The van der Waals surface area contributed by atoms with Crippen LogP contribution in [0.25, 0.3) is 26.7 Å². The Balaban J connectivity index is 1.57.